The van der Waals surface area contributed by atoms with Crippen LogP contribution < -0.4 is 5.73 Å². The van der Waals surface area contributed by atoms with Crippen LogP contribution in [0.25, 0.3) is 0 Å². The van der Waals surface area contributed by atoms with Gasteiger partial charge in [0.05, 0.1) is 0 Å². The van der Waals surface area contributed by atoms with Gasteiger partial charge in [0.25, 0.3) is 0 Å². The van der Waals surface area contributed by atoms with Crippen LogP contribution in [-0.2, 0) is 6.42 Å². The summed E-state index contributed by atoms with van der Waals surface area (Å²) in [6, 6.07) is 2.35. The van der Waals surface area contributed by atoms with Gasteiger partial charge in [0, 0.05) is 10.4 Å². The van der Waals surface area contributed by atoms with Gasteiger partial charge < -0.3 is 5.73 Å². The van der Waals surface area contributed by atoms with E-state index in [-0.39, 0.29) is 5.54 Å². The first-order valence-electron chi connectivity index (χ1n) is 5.45. The van der Waals surface area contributed by atoms with Crippen LogP contribution in [0, 0.1) is 0 Å². The summed E-state index contributed by atoms with van der Waals surface area (Å²) < 4.78 is 0. The van der Waals surface area contributed by atoms with E-state index >= 15 is 0 Å². The van der Waals surface area contributed by atoms with E-state index in [1.54, 1.807) is 0 Å². The predicted molar refractivity (Wildman–Crippen MR) is 62.9 cm³/mol. The van der Waals surface area contributed by atoms with Gasteiger partial charge in [-0.3, -0.25) is 0 Å². The number of hydrogen-bond acceptors (Lipinski definition) is 2. The number of hydrogen-bond donors (Lipinski definition) is 1. The molecule has 0 spiro atoms. The van der Waals surface area contributed by atoms with Crippen molar-refractivity contribution in [2.75, 3.05) is 0 Å². The molecule has 1 fully saturated rings. The summed E-state index contributed by atoms with van der Waals surface area (Å²) in [6.07, 6.45) is 4.79. The molecule has 0 unspecified atom stereocenters. The molecule has 0 radical (unpaired) electrons. The van der Waals surface area contributed by atoms with Gasteiger partial charge in [-0.05, 0) is 48.6 Å². The minimum atomic E-state index is 0.208. The van der Waals surface area contributed by atoms with E-state index in [0.29, 0.717) is 5.92 Å². The zero-order valence-electron chi connectivity index (χ0n) is 9.05. The minimum Gasteiger partial charge on any atom is -0.325 e. The fourth-order valence-corrected chi connectivity index (χ4v) is 2.60. The van der Waals surface area contributed by atoms with Crippen molar-refractivity contribution in [3.63, 3.8) is 0 Å². The number of aryl methyl sites for hydroxylation is 1. The maximum absolute atomic E-state index is 6.06. The fourth-order valence-electron chi connectivity index (χ4n) is 1.63. The van der Waals surface area contributed by atoms with Crippen LogP contribution in [0.2, 0.25) is 0 Å². The Morgan fingerprint density at radius 3 is 2.71 bits per heavy atom. The van der Waals surface area contributed by atoms with Gasteiger partial charge in [-0.15, -0.1) is 11.3 Å². The van der Waals surface area contributed by atoms with Crippen molar-refractivity contribution in [2.24, 2.45) is 5.73 Å². The molecule has 0 aliphatic heterocycles. The van der Waals surface area contributed by atoms with Crippen molar-refractivity contribution in [3.8, 4) is 0 Å². The van der Waals surface area contributed by atoms with E-state index in [9.17, 15) is 0 Å². The molecule has 1 aliphatic rings. The van der Waals surface area contributed by atoms with Gasteiger partial charge in [0.2, 0.25) is 0 Å². The topological polar surface area (TPSA) is 26.0 Å². The molecule has 0 bridgehead atoms. The van der Waals surface area contributed by atoms with E-state index in [1.807, 2.05) is 11.3 Å². The number of nitrogens with two attached hydrogens (primary N) is 1. The summed E-state index contributed by atoms with van der Waals surface area (Å²) in [4.78, 5) is 1.50. The Labute approximate surface area is 90.3 Å². The van der Waals surface area contributed by atoms with Gasteiger partial charge in [-0.2, -0.15) is 0 Å². The minimum absolute atomic E-state index is 0.208. The number of rotatable bonds is 4. The van der Waals surface area contributed by atoms with Crippen LogP contribution in [-0.4, -0.2) is 5.54 Å². The molecular formula is C12H19NS. The third-order valence-electron chi connectivity index (χ3n) is 3.05. The van der Waals surface area contributed by atoms with Crippen LogP contribution in [0.15, 0.2) is 11.4 Å². The van der Waals surface area contributed by atoms with Gasteiger partial charge >= 0.3 is 0 Å². The average molecular weight is 209 g/mol. The molecular weight excluding hydrogens is 190 g/mol. The molecule has 2 N–H and O–H groups in total. The van der Waals surface area contributed by atoms with Crippen molar-refractivity contribution < 1.29 is 0 Å². The van der Waals surface area contributed by atoms with E-state index in [2.05, 4.69) is 25.3 Å². The Balaban J connectivity index is 1.90. The lowest BCUT2D eigenvalue weighted by Gasteiger charge is -2.06. The van der Waals surface area contributed by atoms with Crippen molar-refractivity contribution in [3.05, 3.63) is 21.9 Å². The third kappa shape index (κ3) is 2.37. The van der Waals surface area contributed by atoms with Crippen molar-refractivity contribution >= 4 is 11.3 Å². The first-order valence-corrected chi connectivity index (χ1v) is 6.33. The fraction of sp³-hybridized carbons (Fsp3) is 0.667. The summed E-state index contributed by atoms with van der Waals surface area (Å²) >= 11 is 1.89. The second-order valence-electron chi connectivity index (χ2n) is 4.87. The second kappa shape index (κ2) is 3.67. The molecule has 1 aromatic rings. The van der Waals surface area contributed by atoms with E-state index in [1.165, 1.54) is 36.1 Å². The monoisotopic (exact) mass is 209 g/mol. The molecule has 78 valence electrons. The molecule has 1 aromatic heterocycles. The highest BCUT2D eigenvalue weighted by molar-refractivity contribution is 7.10. The summed E-state index contributed by atoms with van der Waals surface area (Å²) in [7, 11) is 0. The van der Waals surface area contributed by atoms with Gasteiger partial charge in [-0.25, -0.2) is 0 Å². The Morgan fingerprint density at radius 1 is 1.50 bits per heavy atom. The molecule has 1 heterocycles. The van der Waals surface area contributed by atoms with Gasteiger partial charge in [0.1, 0.15) is 0 Å². The lowest BCUT2D eigenvalue weighted by molar-refractivity contribution is 0.609. The molecule has 14 heavy (non-hydrogen) atoms. The van der Waals surface area contributed by atoms with Crippen molar-refractivity contribution in [1.29, 1.82) is 0 Å². The molecule has 1 saturated carbocycles. The quantitative estimate of drug-likeness (QED) is 0.809. The standard InChI is InChI=1S/C12H19NS/c1-9(2)11-7-10(8-14-11)3-4-12(13)5-6-12/h7-9H,3-6,13H2,1-2H3. The van der Waals surface area contributed by atoms with Crippen LogP contribution in [0.5, 0.6) is 0 Å². The maximum atomic E-state index is 6.06. The Kier molecular flexibility index (Phi) is 2.67. The maximum Gasteiger partial charge on any atom is 0.0158 e. The highest BCUT2D eigenvalue weighted by Crippen LogP contribution is 2.37. The van der Waals surface area contributed by atoms with Crippen LogP contribution in [0.3, 0.4) is 0 Å². The highest BCUT2D eigenvalue weighted by atomic mass is 32.1. The van der Waals surface area contributed by atoms with Crippen LogP contribution in [0.1, 0.15) is 49.5 Å². The summed E-state index contributed by atoms with van der Waals surface area (Å²) in [5.41, 5.74) is 7.75. The van der Waals surface area contributed by atoms with Crippen LogP contribution in [0.4, 0.5) is 0 Å². The smallest absolute Gasteiger partial charge is 0.0158 e. The molecule has 2 rings (SSSR count). The average Bonchev–Trinajstić information content (AvgIpc) is 2.68. The van der Waals surface area contributed by atoms with Crippen molar-refractivity contribution in [1.82, 2.24) is 0 Å². The third-order valence-corrected chi connectivity index (χ3v) is 4.33. The molecule has 0 amide bonds. The largest absolute Gasteiger partial charge is 0.325 e. The highest BCUT2D eigenvalue weighted by Gasteiger charge is 2.37. The summed E-state index contributed by atoms with van der Waals surface area (Å²) in [5.74, 6) is 0.668. The lowest BCUT2D eigenvalue weighted by atomic mass is 10.1. The Bertz CT molecular complexity index is 310. The Hall–Kier alpha value is -0.340. The summed E-state index contributed by atoms with van der Waals surface area (Å²) in [6.45, 7) is 4.50. The number of thiophene rings is 1. The molecule has 1 aliphatic carbocycles. The first-order chi connectivity index (χ1) is 6.59. The van der Waals surface area contributed by atoms with Gasteiger partial charge in [-0.1, -0.05) is 13.8 Å². The van der Waals surface area contributed by atoms with Crippen LogP contribution >= 0.6 is 11.3 Å². The molecule has 1 nitrogen and oxygen atoms in total. The molecule has 0 aromatic carbocycles. The SMILES string of the molecule is CC(C)c1cc(CCC2(N)CC2)cs1. The second-order valence-corrected chi connectivity index (χ2v) is 5.82. The molecule has 0 atom stereocenters. The summed E-state index contributed by atoms with van der Waals surface area (Å²) in [5, 5.41) is 2.29. The molecule has 0 saturated heterocycles. The Morgan fingerprint density at radius 2 is 2.21 bits per heavy atom. The molecule has 2 heteroatoms. The predicted octanol–water partition coefficient (Wildman–Crippen LogP) is 3.30. The first kappa shape index (κ1) is 10.2. The zero-order chi connectivity index (χ0) is 10.2. The lowest BCUT2D eigenvalue weighted by Crippen LogP contribution is -2.21. The van der Waals surface area contributed by atoms with E-state index in [4.69, 9.17) is 5.73 Å². The van der Waals surface area contributed by atoms with Gasteiger partial charge in [0.15, 0.2) is 0 Å². The zero-order valence-corrected chi connectivity index (χ0v) is 9.86. The van der Waals surface area contributed by atoms with Crippen molar-refractivity contribution in [2.45, 2.75) is 51.0 Å². The normalized spacial score (nSPS) is 18.9. The van der Waals surface area contributed by atoms with E-state index < -0.39 is 0 Å². The van der Waals surface area contributed by atoms with E-state index in [0.717, 1.165) is 0 Å².